The Balaban J connectivity index is 1.92. The van der Waals surface area contributed by atoms with Gasteiger partial charge in [0.05, 0.1) is 12.5 Å². The van der Waals surface area contributed by atoms with Crippen molar-refractivity contribution in [1.82, 2.24) is 0 Å². The monoisotopic (exact) mass is 410 g/mol. The SMILES string of the molecule is CCOC(=O)C1CCC(O[Si](c2ccccc2)(c2ccccc2)C(C)(C)C)CC1. The fourth-order valence-corrected chi connectivity index (χ4v) is 9.37. The molecular formula is C25H34O3Si. The smallest absolute Gasteiger partial charge is 0.308 e. The normalized spacial score (nSPS) is 20.3. The number of carbonyl (C=O) groups excluding carboxylic acids is 1. The fraction of sp³-hybridized carbons (Fsp3) is 0.480. The van der Waals surface area contributed by atoms with Gasteiger partial charge in [0, 0.05) is 6.10 Å². The van der Waals surface area contributed by atoms with E-state index >= 15 is 0 Å². The van der Waals surface area contributed by atoms with Crippen molar-refractivity contribution in [3.63, 3.8) is 0 Å². The van der Waals surface area contributed by atoms with Crippen LogP contribution < -0.4 is 10.4 Å². The van der Waals surface area contributed by atoms with Crippen molar-refractivity contribution in [2.24, 2.45) is 5.92 Å². The van der Waals surface area contributed by atoms with Gasteiger partial charge in [-0.05, 0) is 48.0 Å². The highest BCUT2D eigenvalue weighted by molar-refractivity contribution is 6.99. The fourth-order valence-electron chi connectivity index (χ4n) is 4.62. The Morgan fingerprint density at radius 2 is 1.38 bits per heavy atom. The quantitative estimate of drug-likeness (QED) is 0.512. The van der Waals surface area contributed by atoms with E-state index in [0.29, 0.717) is 6.61 Å². The molecule has 2 aromatic carbocycles. The van der Waals surface area contributed by atoms with Crippen molar-refractivity contribution in [3.05, 3.63) is 60.7 Å². The lowest BCUT2D eigenvalue weighted by atomic mass is 9.87. The first-order valence-electron chi connectivity index (χ1n) is 10.8. The Labute approximate surface area is 176 Å². The highest BCUT2D eigenvalue weighted by Crippen LogP contribution is 2.39. The molecule has 156 valence electrons. The topological polar surface area (TPSA) is 35.5 Å². The molecule has 0 bridgehead atoms. The first kappa shape index (κ1) is 21.8. The van der Waals surface area contributed by atoms with Gasteiger partial charge >= 0.3 is 5.97 Å². The van der Waals surface area contributed by atoms with Gasteiger partial charge in [-0.25, -0.2) is 0 Å². The number of benzene rings is 2. The van der Waals surface area contributed by atoms with Crippen molar-refractivity contribution >= 4 is 24.7 Å². The zero-order chi connectivity index (χ0) is 20.9. The molecular weight excluding hydrogens is 376 g/mol. The Hall–Kier alpha value is -1.91. The van der Waals surface area contributed by atoms with Gasteiger partial charge in [-0.15, -0.1) is 0 Å². The molecule has 0 atom stereocenters. The van der Waals surface area contributed by atoms with Crippen molar-refractivity contribution < 1.29 is 14.0 Å². The highest BCUT2D eigenvalue weighted by atomic mass is 28.4. The zero-order valence-corrected chi connectivity index (χ0v) is 19.2. The van der Waals surface area contributed by atoms with Crippen LogP contribution in [0.5, 0.6) is 0 Å². The molecule has 0 radical (unpaired) electrons. The number of hydrogen-bond donors (Lipinski definition) is 0. The molecule has 0 spiro atoms. The number of esters is 1. The molecule has 1 fully saturated rings. The van der Waals surface area contributed by atoms with Crippen LogP contribution in [0.1, 0.15) is 53.4 Å². The molecule has 0 amide bonds. The third-order valence-electron chi connectivity index (χ3n) is 6.05. The lowest BCUT2D eigenvalue weighted by molar-refractivity contribution is -0.149. The molecule has 3 rings (SSSR count). The van der Waals surface area contributed by atoms with Crippen molar-refractivity contribution in [3.8, 4) is 0 Å². The van der Waals surface area contributed by atoms with E-state index in [1.165, 1.54) is 10.4 Å². The summed E-state index contributed by atoms with van der Waals surface area (Å²) in [6.07, 6.45) is 3.69. The van der Waals surface area contributed by atoms with E-state index in [-0.39, 0.29) is 23.0 Å². The maximum absolute atomic E-state index is 12.1. The molecule has 0 N–H and O–H groups in total. The third kappa shape index (κ3) is 4.64. The van der Waals surface area contributed by atoms with E-state index in [0.717, 1.165) is 25.7 Å². The second kappa shape index (κ2) is 9.27. The molecule has 3 nitrogen and oxygen atoms in total. The number of rotatable bonds is 6. The van der Waals surface area contributed by atoms with Crippen molar-refractivity contribution in [1.29, 1.82) is 0 Å². The summed E-state index contributed by atoms with van der Waals surface area (Å²) in [5, 5.41) is 2.60. The summed E-state index contributed by atoms with van der Waals surface area (Å²) in [6.45, 7) is 9.25. The van der Waals surface area contributed by atoms with Crippen LogP contribution in [-0.2, 0) is 14.0 Å². The summed E-state index contributed by atoms with van der Waals surface area (Å²) in [5.41, 5.74) is 0. The van der Waals surface area contributed by atoms with Crippen molar-refractivity contribution in [2.75, 3.05) is 6.61 Å². The first-order chi connectivity index (χ1) is 13.9. The Morgan fingerprint density at radius 1 is 0.897 bits per heavy atom. The van der Waals surface area contributed by atoms with Crippen LogP contribution in [0, 0.1) is 5.92 Å². The van der Waals surface area contributed by atoms with Crippen LogP contribution in [-0.4, -0.2) is 27.0 Å². The molecule has 29 heavy (non-hydrogen) atoms. The molecule has 0 aromatic heterocycles. The standard InChI is InChI=1S/C25H34O3Si/c1-5-27-24(26)20-16-18-21(19-17-20)28-29(25(2,3)4,22-12-8-6-9-13-22)23-14-10-7-11-15-23/h6-15,20-21H,5,16-19H2,1-4H3. The lowest BCUT2D eigenvalue weighted by Gasteiger charge is -2.46. The van der Waals surface area contributed by atoms with E-state index < -0.39 is 8.32 Å². The summed E-state index contributed by atoms with van der Waals surface area (Å²) in [7, 11) is -2.52. The average molecular weight is 411 g/mol. The largest absolute Gasteiger partial charge is 0.466 e. The van der Waals surface area contributed by atoms with E-state index in [9.17, 15) is 4.79 Å². The third-order valence-corrected chi connectivity index (χ3v) is 11.1. The molecule has 4 heteroatoms. The lowest BCUT2D eigenvalue weighted by Crippen LogP contribution is -2.67. The summed E-state index contributed by atoms with van der Waals surface area (Å²) in [5.74, 6) is -0.0228. The Bertz CT molecular complexity index is 735. The van der Waals surface area contributed by atoms with Gasteiger partial charge in [0.1, 0.15) is 0 Å². The molecule has 2 aromatic rings. The second-order valence-corrected chi connectivity index (χ2v) is 13.3. The average Bonchev–Trinajstić information content (AvgIpc) is 2.73. The zero-order valence-electron chi connectivity index (χ0n) is 18.2. The predicted molar refractivity (Wildman–Crippen MR) is 121 cm³/mol. The molecule has 0 heterocycles. The molecule has 0 unspecified atom stereocenters. The van der Waals surface area contributed by atoms with Gasteiger partial charge in [0.2, 0.25) is 0 Å². The minimum Gasteiger partial charge on any atom is -0.466 e. The Kier molecular flexibility index (Phi) is 6.96. The van der Waals surface area contributed by atoms with Gasteiger partial charge in [-0.2, -0.15) is 0 Å². The van der Waals surface area contributed by atoms with Crippen LogP contribution in [0.2, 0.25) is 5.04 Å². The molecule has 1 aliphatic rings. The maximum Gasteiger partial charge on any atom is 0.308 e. The predicted octanol–water partition coefficient (Wildman–Crippen LogP) is 4.68. The summed E-state index contributed by atoms with van der Waals surface area (Å²) in [4.78, 5) is 12.1. The summed E-state index contributed by atoms with van der Waals surface area (Å²) in [6, 6.07) is 21.5. The molecule has 0 saturated heterocycles. The van der Waals surface area contributed by atoms with E-state index in [1.54, 1.807) is 0 Å². The van der Waals surface area contributed by atoms with Crippen LogP contribution in [0.25, 0.3) is 0 Å². The number of hydrogen-bond acceptors (Lipinski definition) is 3. The van der Waals surface area contributed by atoms with Gasteiger partial charge in [0.15, 0.2) is 0 Å². The van der Waals surface area contributed by atoms with Crippen LogP contribution >= 0.6 is 0 Å². The molecule has 0 aliphatic heterocycles. The summed E-state index contributed by atoms with van der Waals surface area (Å²) >= 11 is 0. The van der Waals surface area contributed by atoms with Crippen molar-refractivity contribution in [2.45, 2.75) is 64.5 Å². The Morgan fingerprint density at radius 3 is 1.79 bits per heavy atom. The van der Waals surface area contributed by atoms with Crippen LogP contribution in [0.4, 0.5) is 0 Å². The van der Waals surface area contributed by atoms with Gasteiger partial charge in [0.25, 0.3) is 8.32 Å². The first-order valence-corrected chi connectivity index (χ1v) is 12.7. The number of ether oxygens (including phenoxy) is 1. The van der Waals surface area contributed by atoms with Crippen LogP contribution in [0.15, 0.2) is 60.7 Å². The minimum atomic E-state index is -2.52. The minimum absolute atomic E-state index is 0.0201. The van der Waals surface area contributed by atoms with E-state index in [4.69, 9.17) is 9.16 Å². The number of carbonyl (C=O) groups is 1. The molecule has 1 aliphatic carbocycles. The highest BCUT2D eigenvalue weighted by Gasteiger charge is 2.51. The van der Waals surface area contributed by atoms with E-state index in [2.05, 4.69) is 81.4 Å². The van der Waals surface area contributed by atoms with Gasteiger partial charge in [-0.3, -0.25) is 4.79 Å². The van der Waals surface area contributed by atoms with Crippen LogP contribution in [0.3, 0.4) is 0 Å². The van der Waals surface area contributed by atoms with Gasteiger partial charge in [-0.1, -0.05) is 81.4 Å². The van der Waals surface area contributed by atoms with Gasteiger partial charge < -0.3 is 9.16 Å². The molecule has 1 saturated carbocycles. The van der Waals surface area contributed by atoms with E-state index in [1.807, 2.05) is 6.92 Å². The second-order valence-electron chi connectivity index (χ2n) is 9.01. The summed E-state index contributed by atoms with van der Waals surface area (Å²) < 4.78 is 12.4. The maximum atomic E-state index is 12.1.